The highest BCUT2D eigenvalue weighted by atomic mass is 35.5. The number of amides is 2. The van der Waals surface area contributed by atoms with Crippen molar-refractivity contribution in [3.63, 3.8) is 0 Å². The van der Waals surface area contributed by atoms with E-state index in [2.05, 4.69) is 5.32 Å². The standard InChI is InChI=1S/C19H18ClN3O4S2/c20-16-6-5-15(29-16)18(25)21-9-14-10-23(19(28)27-14)13-3-1-12(2-4-13)22-7-8-26-11-17(22)24/h1-6,14H,7-11H2,(H,21,25)/t14-/m0/s1. The van der Waals surface area contributed by atoms with Crippen LogP contribution in [0.4, 0.5) is 11.4 Å². The van der Waals surface area contributed by atoms with E-state index in [4.69, 9.17) is 33.3 Å². The predicted molar refractivity (Wildman–Crippen MR) is 116 cm³/mol. The zero-order valence-electron chi connectivity index (χ0n) is 15.3. The van der Waals surface area contributed by atoms with Crippen LogP contribution in [0.5, 0.6) is 0 Å². The number of hydrogen-bond donors (Lipinski definition) is 1. The summed E-state index contributed by atoms with van der Waals surface area (Å²) in [4.78, 5) is 28.3. The summed E-state index contributed by atoms with van der Waals surface area (Å²) in [5, 5.41) is 3.21. The lowest BCUT2D eigenvalue weighted by Gasteiger charge is -2.27. The molecule has 29 heavy (non-hydrogen) atoms. The average molecular weight is 452 g/mol. The molecule has 0 saturated carbocycles. The Hall–Kier alpha value is -2.20. The molecule has 1 atom stereocenters. The molecule has 0 unspecified atom stereocenters. The zero-order chi connectivity index (χ0) is 20.4. The van der Waals surface area contributed by atoms with E-state index in [1.165, 1.54) is 11.3 Å². The van der Waals surface area contributed by atoms with E-state index < -0.39 is 0 Å². The maximum Gasteiger partial charge on any atom is 0.264 e. The lowest BCUT2D eigenvalue weighted by molar-refractivity contribution is -0.125. The van der Waals surface area contributed by atoms with Crippen molar-refractivity contribution < 1.29 is 19.1 Å². The third kappa shape index (κ3) is 4.53. The van der Waals surface area contributed by atoms with Crippen LogP contribution in [0.1, 0.15) is 9.67 Å². The number of rotatable bonds is 5. The molecule has 7 nitrogen and oxygen atoms in total. The van der Waals surface area contributed by atoms with Gasteiger partial charge >= 0.3 is 0 Å². The number of thiocarbonyl (C=S) groups is 1. The Morgan fingerprint density at radius 1 is 1.21 bits per heavy atom. The Balaban J connectivity index is 1.35. The largest absolute Gasteiger partial charge is 0.464 e. The Bertz CT molecular complexity index is 934. The molecule has 1 aromatic heterocycles. The van der Waals surface area contributed by atoms with E-state index in [9.17, 15) is 9.59 Å². The monoisotopic (exact) mass is 451 g/mol. The number of morpholine rings is 1. The van der Waals surface area contributed by atoms with Crippen molar-refractivity contribution in [1.29, 1.82) is 0 Å². The minimum Gasteiger partial charge on any atom is -0.464 e. The van der Waals surface area contributed by atoms with Gasteiger partial charge in [0.2, 0.25) is 0 Å². The summed E-state index contributed by atoms with van der Waals surface area (Å²) in [6.07, 6.45) is -0.248. The van der Waals surface area contributed by atoms with Gasteiger partial charge in [0, 0.05) is 17.9 Å². The second kappa shape index (κ2) is 8.66. The zero-order valence-corrected chi connectivity index (χ0v) is 17.7. The summed E-state index contributed by atoms with van der Waals surface area (Å²) in [5.74, 6) is -0.235. The second-order valence-corrected chi connectivity index (χ2v) is 8.61. The first kappa shape index (κ1) is 20.1. The highest BCUT2D eigenvalue weighted by Gasteiger charge is 2.30. The molecule has 2 fully saturated rings. The van der Waals surface area contributed by atoms with Gasteiger partial charge in [-0.05, 0) is 48.6 Å². The van der Waals surface area contributed by atoms with Crippen molar-refractivity contribution >= 4 is 63.5 Å². The molecule has 2 aromatic rings. The number of nitrogens with zero attached hydrogens (tertiary/aromatic N) is 2. The highest BCUT2D eigenvalue weighted by Crippen LogP contribution is 2.26. The number of carbonyl (C=O) groups excluding carboxylic acids is 2. The molecule has 0 spiro atoms. The van der Waals surface area contributed by atoms with Gasteiger partial charge in [-0.25, -0.2) is 0 Å². The number of benzene rings is 1. The van der Waals surface area contributed by atoms with Gasteiger partial charge in [0.1, 0.15) is 12.7 Å². The number of hydrogen-bond acceptors (Lipinski definition) is 6. The molecule has 3 heterocycles. The minimum atomic E-state index is -0.248. The van der Waals surface area contributed by atoms with Crippen LogP contribution in [-0.4, -0.2) is 55.9 Å². The van der Waals surface area contributed by atoms with Gasteiger partial charge in [0.25, 0.3) is 17.0 Å². The second-order valence-electron chi connectivity index (χ2n) is 6.54. The van der Waals surface area contributed by atoms with Crippen LogP contribution < -0.4 is 15.1 Å². The van der Waals surface area contributed by atoms with Gasteiger partial charge in [0.05, 0.1) is 28.9 Å². The number of halogens is 1. The molecule has 1 aromatic carbocycles. The van der Waals surface area contributed by atoms with Crippen LogP contribution >= 0.6 is 35.2 Å². The van der Waals surface area contributed by atoms with E-state index in [0.717, 1.165) is 11.4 Å². The van der Waals surface area contributed by atoms with Gasteiger partial charge < -0.3 is 19.7 Å². The lowest BCUT2D eigenvalue weighted by atomic mass is 10.2. The number of nitrogens with one attached hydrogen (secondary N) is 1. The summed E-state index contributed by atoms with van der Waals surface area (Å²) in [7, 11) is 0. The SMILES string of the molecule is O=C(NC[C@H]1CN(c2ccc(N3CCOCC3=O)cc2)C(=S)O1)c1ccc(Cl)s1. The summed E-state index contributed by atoms with van der Waals surface area (Å²) < 4.78 is 11.5. The number of anilines is 2. The maximum atomic E-state index is 12.2. The van der Waals surface area contributed by atoms with Gasteiger partial charge in [-0.1, -0.05) is 11.6 Å². The number of carbonyl (C=O) groups is 2. The third-order valence-corrected chi connectivity index (χ3v) is 6.17. The number of thiophene rings is 1. The van der Waals surface area contributed by atoms with E-state index >= 15 is 0 Å². The predicted octanol–water partition coefficient (Wildman–Crippen LogP) is 2.68. The first-order chi connectivity index (χ1) is 14.0. The molecule has 1 N–H and O–H groups in total. The molecular formula is C19H18ClN3O4S2. The van der Waals surface area contributed by atoms with Crippen molar-refractivity contribution in [3.8, 4) is 0 Å². The van der Waals surface area contributed by atoms with Crippen molar-refractivity contribution in [3.05, 3.63) is 45.6 Å². The first-order valence-corrected chi connectivity index (χ1v) is 10.6. The fourth-order valence-corrected chi connectivity index (χ4v) is 4.45. The summed E-state index contributed by atoms with van der Waals surface area (Å²) in [5.41, 5.74) is 1.70. The summed E-state index contributed by atoms with van der Waals surface area (Å²) in [6, 6.07) is 11.0. The van der Waals surface area contributed by atoms with E-state index in [0.29, 0.717) is 40.6 Å². The molecular weight excluding hydrogens is 434 g/mol. The van der Waals surface area contributed by atoms with Crippen LogP contribution in [0.15, 0.2) is 36.4 Å². The van der Waals surface area contributed by atoms with E-state index in [1.807, 2.05) is 29.2 Å². The molecule has 2 amide bonds. The Morgan fingerprint density at radius 2 is 1.93 bits per heavy atom. The van der Waals surface area contributed by atoms with Crippen LogP contribution in [0, 0.1) is 0 Å². The first-order valence-electron chi connectivity index (χ1n) is 9.01. The van der Waals surface area contributed by atoms with Gasteiger partial charge in [-0.3, -0.25) is 14.5 Å². The van der Waals surface area contributed by atoms with Gasteiger partial charge in [0.15, 0.2) is 0 Å². The minimum absolute atomic E-state index is 0.0492. The fourth-order valence-electron chi connectivity index (χ4n) is 3.17. The molecule has 4 rings (SSSR count). The third-order valence-electron chi connectivity index (χ3n) is 4.62. The fraction of sp³-hybridized carbons (Fsp3) is 0.316. The molecule has 0 radical (unpaired) electrons. The van der Waals surface area contributed by atoms with Crippen molar-refractivity contribution in [1.82, 2.24) is 5.32 Å². The highest BCUT2D eigenvalue weighted by molar-refractivity contribution is 7.80. The van der Waals surface area contributed by atoms with E-state index in [1.54, 1.807) is 17.0 Å². The van der Waals surface area contributed by atoms with Crippen LogP contribution in [-0.2, 0) is 14.3 Å². The molecule has 0 aliphatic carbocycles. The summed E-state index contributed by atoms with van der Waals surface area (Å²) in [6.45, 7) is 2.05. The van der Waals surface area contributed by atoms with E-state index in [-0.39, 0.29) is 24.5 Å². The van der Waals surface area contributed by atoms with Crippen LogP contribution in [0.25, 0.3) is 0 Å². The Morgan fingerprint density at radius 3 is 2.59 bits per heavy atom. The molecule has 2 aliphatic rings. The quantitative estimate of drug-likeness (QED) is 0.705. The van der Waals surface area contributed by atoms with Gasteiger partial charge in [-0.2, -0.15) is 0 Å². The van der Waals surface area contributed by atoms with Crippen LogP contribution in [0.3, 0.4) is 0 Å². The Labute approximate surface area is 182 Å². The normalized spacial score (nSPS) is 19.4. The van der Waals surface area contributed by atoms with Crippen molar-refractivity contribution in [2.24, 2.45) is 0 Å². The maximum absolute atomic E-state index is 12.2. The number of ether oxygens (including phenoxy) is 2. The van der Waals surface area contributed by atoms with Crippen LogP contribution in [0.2, 0.25) is 4.34 Å². The summed E-state index contributed by atoms with van der Waals surface area (Å²) >= 11 is 12.4. The average Bonchev–Trinajstić information content (AvgIpc) is 3.32. The smallest absolute Gasteiger partial charge is 0.264 e. The lowest BCUT2D eigenvalue weighted by Crippen LogP contribution is -2.41. The van der Waals surface area contributed by atoms with Crippen molar-refractivity contribution in [2.45, 2.75) is 6.10 Å². The Kier molecular flexibility index (Phi) is 6.00. The van der Waals surface area contributed by atoms with Crippen molar-refractivity contribution in [2.75, 3.05) is 42.6 Å². The molecule has 10 heteroatoms. The molecule has 152 valence electrons. The van der Waals surface area contributed by atoms with Gasteiger partial charge in [-0.15, -0.1) is 11.3 Å². The molecule has 2 aliphatic heterocycles. The topological polar surface area (TPSA) is 71.1 Å². The molecule has 2 saturated heterocycles. The molecule has 0 bridgehead atoms.